The van der Waals surface area contributed by atoms with Gasteiger partial charge in [-0.05, 0) is 19.4 Å². The van der Waals surface area contributed by atoms with Gasteiger partial charge >= 0.3 is 6.18 Å². The quantitative estimate of drug-likeness (QED) is 0.595. The van der Waals surface area contributed by atoms with Gasteiger partial charge in [0.1, 0.15) is 6.04 Å². The Balaban J connectivity index is 1.88. The van der Waals surface area contributed by atoms with E-state index in [1.807, 2.05) is 61.5 Å². The van der Waals surface area contributed by atoms with Crippen molar-refractivity contribution in [2.45, 2.75) is 51.5 Å². The Labute approximate surface area is 201 Å². The summed E-state index contributed by atoms with van der Waals surface area (Å²) in [7, 11) is 0. The first-order chi connectivity index (χ1) is 16.6. The van der Waals surface area contributed by atoms with Crippen molar-refractivity contribution < 1.29 is 27.6 Å². The zero-order valence-corrected chi connectivity index (χ0v) is 19.4. The summed E-state index contributed by atoms with van der Waals surface area (Å²) >= 11 is 0. The number of amides is 3. The van der Waals surface area contributed by atoms with Gasteiger partial charge in [-0.15, -0.1) is 0 Å². The normalized spacial score (nSPS) is 16.6. The fourth-order valence-electron chi connectivity index (χ4n) is 3.70. The van der Waals surface area contributed by atoms with Gasteiger partial charge in [0.2, 0.25) is 18.0 Å². The van der Waals surface area contributed by atoms with Crippen LogP contribution in [-0.4, -0.2) is 48.4 Å². The molecule has 1 aliphatic heterocycles. The van der Waals surface area contributed by atoms with Crippen LogP contribution in [-0.2, 0) is 14.4 Å². The number of nitrogens with zero attached hydrogens (tertiary/aromatic N) is 2. The minimum atomic E-state index is -4.48. The second-order valence-corrected chi connectivity index (χ2v) is 8.17. The molecule has 1 aliphatic rings. The molecule has 3 rings (SSSR count). The number of fused-ring (bicyclic) bond motifs is 1. The van der Waals surface area contributed by atoms with Crippen LogP contribution >= 0.6 is 0 Å². The number of rotatable bonds is 8. The van der Waals surface area contributed by atoms with E-state index in [0.29, 0.717) is 24.4 Å². The van der Waals surface area contributed by atoms with Gasteiger partial charge in [0.05, 0.1) is 17.8 Å². The highest BCUT2D eigenvalue weighted by Crippen LogP contribution is 2.28. The lowest BCUT2D eigenvalue weighted by Gasteiger charge is -2.25. The number of carbonyl (C=O) groups is 3. The van der Waals surface area contributed by atoms with Crippen molar-refractivity contribution in [3.63, 3.8) is 0 Å². The average molecular weight is 489 g/mol. The van der Waals surface area contributed by atoms with E-state index in [4.69, 9.17) is 0 Å². The number of benzene rings is 2. The van der Waals surface area contributed by atoms with E-state index in [0.717, 1.165) is 11.1 Å². The van der Waals surface area contributed by atoms with Crippen LogP contribution in [0.25, 0.3) is 0 Å². The van der Waals surface area contributed by atoms with Crippen LogP contribution in [0, 0.1) is 0 Å². The summed E-state index contributed by atoms with van der Waals surface area (Å²) in [6.45, 7) is 3.65. The number of para-hydroxylation sites is 1. The first-order valence-electron chi connectivity index (χ1n) is 11.3. The molecule has 0 aliphatic carbocycles. The number of hydrogen-bond acceptors (Lipinski definition) is 4. The SMILES string of the molecule is CCCN1C(=O)C(NC(=O)[C@H](C)NC(=O)CCC(F)(F)F)N=C(c2ccccc2)c2ccccc21. The molecule has 2 aromatic rings. The lowest BCUT2D eigenvalue weighted by atomic mass is 10.0. The van der Waals surface area contributed by atoms with Gasteiger partial charge in [-0.1, -0.05) is 55.5 Å². The molecule has 0 radical (unpaired) electrons. The van der Waals surface area contributed by atoms with E-state index < -0.39 is 48.9 Å². The van der Waals surface area contributed by atoms with Gasteiger partial charge in [-0.2, -0.15) is 13.2 Å². The third-order valence-corrected chi connectivity index (χ3v) is 5.39. The number of halogens is 3. The number of benzodiazepines with no additional fused rings is 1. The number of carbonyl (C=O) groups excluding carboxylic acids is 3. The van der Waals surface area contributed by atoms with Crippen molar-refractivity contribution in [2.75, 3.05) is 11.4 Å². The summed E-state index contributed by atoms with van der Waals surface area (Å²) in [4.78, 5) is 44.3. The van der Waals surface area contributed by atoms with Gasteiger partial charge < -0.3 is 15.5 Å². The van der Waals surface area contributed by atoms with Crippen molar-refractivity contribution in [3.8, 4) is 0 Å². The second kappa shape index (κ2) is 11.2. The molecule has 0 aromatic heterocycles. The predicted octanol–water partition coefficient (Wildman–Crippen LogP) is 3.57. The molecule has 10 heteroatoms. The lowest BCUT2D eigenvalue weighted by molar-refractivity contribution is -0.144. The molecule has 2 aromatic carbocycles. The Morgan fingerprint density at radius 2 is 1.74 bits per heavy atom. The van der Waals surface area contributed by atoms with E-state index >= 15 is 0 Å². The van der Waals surface area contributed by atoms with Crippen molar-refractivity contribution in [1.82, 2.24) is 10.6 Å². The van der Waals surface area contributed by atoms with E-state index in [9.17, 15) is 27.6 Å². The third-order valence-electron chi connectivity index (χ3n) is 5.39. The van der Waals surface area contributed by atoms with Gasteiger partial charge in [0.15, 0.2) is 0 Å². The Hall–Kier alpha value is -3.69. The summed E-state index contributed by atoms with van der Waals surface area (Å²) in [5, 5.41) is 4.80. The fourth-order valence-corrected chi connectivity index (χ4v) is 3.70. The Morgan fingerprint density at radius 1 is 1.09 bits per heavy atom. The maximum atomic E-state index is 13.5. The van der Waals surface area contributed by atoms with Crippen LogP contribution in [0.1, 0.15) is 44.2 Å². The maximum absolute atomic E-state index is 13.5. The Kier molecular flexibility index (Phi) is 8.26. The third kappa shape index (κ3) is 6.68. The van der Waals surface area contributed by atoms with E-state index in [2.05, 4.69) is 15.6 Å². The van der Waals surface area contributed by atoms with Crippen LogP contribution in [0.3, 0.4) is 0 Å². The first kappa shape index (κ1) is 25.9. The summed E-state index contributed by atoms with van der Waals surface area (Å²) in [5.74, 6) is -2.10. The number of hydrogen-bond donors (Lipinski definition) is 2. The Morgan fingerprint density at radius 3 is 2.40 bits per heavy atom. The molecule has 7 nitrogen and oxygen atoms in total. The molecule has 2 N–H and O–H groups in total. The van der Waals surface area contributed by atoms with Gasteiger partial charge in [0, 0.05) is 24.1 Å². The standard InChI is InChI=1S/C25H27F3N4O3/c1-3-15-32-19-12-8-7-11-18(19)21(17-9-5-4-6-10-17)30-22(24(32)35)31-23(34)16(2)29-20(33)13-14-25(26,27)28/h4-12,16,22H,3,13-15H2,1-2H3,(H,29,33)(H,31,34)/t16-,22?/m0/s1. The van der Waals surface area contributed by atoms with E-state index in [1.54, 1.807) is 4.90 Å². The molecule has 0 saturated carbocycles. The molecule has 1 unspecified atom stereocenters. The Bertz CT molecular complexity index is 1100. The van der Waals surface area contributed by atoms with Crippen LogP contribution in [0.5, 0.6) is 0 Å². The average Bonchev–Trinajstić information content (AvgIpc) is 2.94. The second-order valence-electron chi connectivity index (χ2n) is 8.17. The van der Waals surface area contributed by atoms with Crippen LogP contribution < -0.4 is 15.5 Å². The molecule has 2 atom stereocenters. The van der Waals surface area contributed by atoms with Crippen molar-refractivity contribution in [1.29, 1.82) is 0 Å². The highest BCUT2D eigenvalue weighted by Gasteiger charge is 2.34. The van der Waals surface area contributed by atoms with Crippen molar-refractivity contribution >= 4 is 29.1 Å². The van der Waals surface area contributed by atoms with E-state index in [1.165, 1.54) is 6.92 Å². The highest BCUT2D eigenvalue weighted by atomic mass is 19.4. The van der Waals surface area contributed by atoms with Gasteiger partial charge in [-0.25, -0.2) is 4.99 Å². The van der Waals surface area contributed by atoms with Crippen molar-refractivity contribution in [3.05, 3.63) is 65.7 Å². The summed E-state index contributed by atoms with van der Waals surface area (Å²) in [6.07, 6.45) is -7.18. The minimum absolute atomic E-state index is 0.392. The van der Waals surface area contributed by atoms with Crippen molar-refractivity contribution in [2.24, 2.45) is 4.99 Å². The molecular weight excluding hydrogens is 461 g/mol. The summed E-state index contributed by atoms with van der Waals surface area (Å²) in [6, 6.07) is 15.4. The largest absolute Gasteiger partial charge is 0.389 e. The van der Waals surface area contributed by atoms with Gasteiger partial charge in [0.25, 0.3) is 5.91 Å². The zero-order valence-electron chi connectivity index (χ0n) is 19.4. The molecule has 1 heterocycles. The molecule has 0 fully saturated rings. The maximum Gasteiger partial charge on any atom is 0.389 e. The number of alkyl halides is 3. The molecule has 3 amide bonds. The molecular formula is C25H27F3N4O3. The summed E-state index contributed by atoms with van der Waals surface area (Å²) < 4.78 is 37.1. The molecule has 0 bridgehead atoms. The minimum Gasteiger partial charge on any atom is -0.345 e. The fraction of sp³-hybridized carbons (Fsp3) is 0.360. The molecule has 0 spiro atoms. The molecule has 35 heavy (non-hydrogen) atoms. The predicted molar refractivity (Wildman–Crippen MR) is 126 cm³/mol. The zero-order chi connectivity index (χ0) is 25.6. The lowest BCUT2D eigenvalue weighted by Crippen LogP contribution is -2.53. The monoisotopic (exact) mass is 488 g/mol. The highest BCUT2D eigenvalue weighted by molar-refractivity contribution is 6.20. The smallest absolute Gasteiger partial charge is 0.345 e. The first-order valence-corrected chi connectivity index (χ1v) is 11.3. The number of nitrogens with one attached hydrogen (secondary N) is 2. The summed E-state index contributed by atoms with van der Waals surface area (Å²) in [5.41, 5.74) is 2.65. The van der Waals surface area contributed by atoms with E-state index in [-0.39, 0.29) is 0 Å². The van der Waals surface area contributed by atoms with Gasteiger partial charge in [-0.3, -0.25) is 14.4 Å². The van der Waals surface area contributed by atoms with Crippen LogP contribution in [0.15, 0.2) is 59.6 Å². The molecule has 0 saturated heterocycles. The van der Waals surface area contributed by atoms with Crippen LogP contribution in [0.2, 0.25) is 0 Å². The number of aliphatic imine (C=N–C) groups is 1. The topological polar surface area (TPSA) is 90.9 Å². The number of anilines is 1. The molecule has 186 valence electrons. The van der Waals surface area contributed by atoms with Crippen LogP contribution in [0.4, 0.5) is 18.9 Å².